The second-order valence-corrected chi connectivity index (χ2v) is 4.40. The Morgan fingerprint density at radius 3 is 2.53 bits per heavy atom. The van der Waals surface area contributed by atoms with Crippen molar-refractivity contribution in [3.63, 3.8) is 0 Å². The Balaban J connectivity index is 3.21. The van der Waals surface area contributed by atoms with E-state index >= 15 is 0 Å². The van der Waals surface area contributed by atoms with Gasteiger partial charge in [-0.15, -0.1) is 0 Å². The molecule has 0 radical (unpaired) electrons. The highest BCUT2D eigenvalue weighted by Crippen LogP contribution is 2.38. The van der Waals surface area contributed by atoms with Crippen LogP contribution in [0.4, 0.5) is 0 Å². The molecule has 0 aromatic heterocycles. The molecule has 0 aliphatic rings. The molecule has 1 aromatic rings. The van der Waals surface area contributed by atoms with E-state index in [9.17, 15) is 15.0 Å². The molecule has 0 heterocycles. The van der Waals surface area contributed by atoms with Crippen molar-refractivity contribution in [2.75, 3.05) is 7.11 Å². The molecule has 0 fully saturated rings. The normalized spacial score (nSPS) is 13.2. The van der Waals surface area contributed by atoms with Gasteiger partial charge in [0, 0.05) is 11.0 Å². The third-order valence-electron chi connectivity index (χ3n) is 2.94. The van der Waals surface area contributed by atoms with Crippen LogP contribution in [0.15, 0.2) is 18.2 Å². The lowest BCUT2D eigenvalue weighted by atomic mass is 9.77. The van der Waals surface area contributed by atoms with E-state index in [1.165, 1.54) is 13.2 Å². The maximum absolute atomic E-state index is 11.4. The lowest BCUT2D eigenvalue weighted by Crippen LogP contribution is -2.47. The zero-order chi connectivity index (χ0) is 13.2. The van der Waals surface area contributed by atoms with Crippen LogP contribution in [0.25, 0.3) is 0 Å². The van der Waals surface area contributed by atoms with Crippen molar-refractivity contribution in [3.8, 4) is 11.5 Å². The van der Waals surface area contributed by atoms with Gasteiger partial charge in [-0.3, -0.25) is 4.79 Å². The molecule has 5 nitrogen and oxygen atoms in total. The van der Waals surface area contributed by atoms with Crippen LogP contribution in [0.1, 0.15) is 19.4 Å². The monoisotopic (exact) mass is 239 g/mol. The van der Waals surface area contributed by atoms with Gasteiger partial charge in [0.25, 0.3) is 0 Å². The Bertz CT molecular complexity index is 429. The van der Waals surface area contributed by atoms with Crippen LogP contribution in [-0.4, -0.2) is 29.3 Å². The van der Waals surface area contributed by atoms with Gasteiger partial charge >= 0.3 is 5.97 Å². The van der Waals surface area contributed by atoms with Crippen LogP contribution in [0.5, 0.6) is 11.5 Å². The van der Waals surface area contributed by atoms with E-state index in [1.54, 1.807) is 26.0 Å². The molecule has 0 amide bonds. The predicted octanol–water partition coefficient (Wildman–Crippen LogP) is 0.876. The Morgan fingerprint density at radius 2 is 2.00 bits per heavy atom. The van der Waals surface area contributed by atoms with Crippen molar-refractivity contribution in [1.29, 1.82) is 0 Å². The van der Waals surface area contributed by atoms with Gasteiger partial charge in [0.15, 0.2) is 11.5 Å². The van der Waals surface area contributed by atoms with Crippen LogP contribution < -0.4 is 5.73 Å². The van der Waals surface area contributed by atoms with Gasteiger partial charge in [-0.05, 0) is 6.07 Å². The number of ether oxygens (including phenoxy) is 1. The molecule has 0 bridgehead atoms. The second kappa shape index (κ2) is 4.63. The number of methoxy groups -OCH3 is 1. The topological polar surface area (TPSA) is 92.8 Å². The minimum absolute atomic E-state index is 0.243. The molecule has 1 rings (SSSR count). The molecule has 1 atom stereocenters. The lowest BCUT2D eigenvalue weighted by Gasteiger charge is -2.30. The molecule has 1 aromatic carbocycles. The van der Waals surface area contributed by atoms with E-state index in [1.807, 2.05) is 0 Å². The molecule has 17 heavy (non-hydrogen) atoms. The van der Waals surface area contributed by atoms with Gasteiger partial charge in [-0.25, -0.2) is 0 Å². The van der Waals surface area contributed by atoms with Crippen molar-refractivity contribution in [3.05, 3.63) is 23.8 Å². The van der Waals surface area contributed by atoms with Crippen molar-refractivity contribution in [2.24, 2.45) is 5.73 Å². The second-order valence-electron chi connectivity index (χ2n) is 4.40. The maximum atomic E-state index is 11.4. The summed E-state index contributed by atoms with van der Waals surface area (Å²) in [5.41, 5.74) is 5.34. The number of nitrogens with two attached hydrogens (primary N) is 1. The maximum Gasteiger partial charge on any atom is 0.323 e. The Labute approximate surface area is 99.8 Å². The number of phenols is 2. The summed E-state index contributed by atoms with van der Waals surface area (Å²) in [6.45, 7) is 3.40. The predicted molar refractivity (Wildman–Crippen MR) is 62.8 cm³/mol. The summed E-state index contributed by atoms with van der Waals surface area (Å²) in [4.78, 5) is 11.4. The van der Waals surface area contributed by atoms with E-state index < -0.39 is 17.4 Å². The third kappa shape index (κ3) is 2.34. The van der Waals surface area contributed by atoms with Crippen LogP contribution in [0.3, 0.4) is 0 Å². The highest BCUT2D eigenvalue weighted by atomic mass is 16.5. The van der Waals surface area contributed by atoms with E-state index in [4.69, 9.17) is 5.73 Å². The number of rotatable bonds is 3. The van der Waals surface area contributed by atoms with Gasteiger partial charge in [0.05, 0.1) is 7.11 Å². The number of hydrogen-bond donors (Lipinski definition) is 3. The van der Waals surface area contributed by atoms with Crippen molar-refractivity contribution in [2.45, 2.75) is 25.3 Å². The highest BCUT2D eigenvalue weighted by molar-refractivity contribution is 5.78. The minimum Gasteiger partial charge on any atom is -0.504 e. The zero-order valence-electron chi connectivity index (χ0n) is 10.1. The van der Waals surface area contributed by atoms with Crippen molar-refractivity contribution in [1.82, 2.24) is 0 Å². The molecule has 0 aliphatic heterocycles. The number of esters is 1. The van der Waals surface area contributed by atoms with Crippen LogP contribution >= 0.6 is 0 Å². The van der Waals surface area contributed by atoms with Gasteiger partial charge in [0.2, 0.25) is 0 Å². The number of phenolic OH excluding ortho intramolecular Hbond substituents is 2. The number of aromatic hydroxyl groups is 2. The van der Waals surface area contributed by atoms with Crippen LogP contribution in [0, 0.1) is 0 Å². The molecule has 5 heteroatoms. The Hall–Kier alpha value is -1.75. The molecule has 0 spiro atoms. The smallest absolute Gasteiger partial charge is 0.323 e. The third-order valence-corrected chi connectivity index (χ3v) is 2.94. The first kappa shape index (κ1) is 13.3. The summed E-state index contributed by atoms with van der Waals surface area (Å²) < 4.78 is 4.58. The molecule has 0 saturated heterocycles. The van der Waals surface area contributed by atoms with Gasteiger partial charge < -0.3 is 20.7 Å². The first-order valence-electron chi connectivity index (χ1n) is 5.17. The first-order valence-corrected chi connectivity index (χ1v) is 5.17. The fraction of sp³-hybridized carbons (Fsp3) is 0.417. The Morgan fingerprint density at radius 1 is 1.41 bits per heavy atom. The molecule has 94 valence electrons. The fourth-order valence-corrected chi connectivity index (χ4v) is 1.64. The fourth-order valence-electron chi connectivity index (χ4n) is 1.64. The van der Waals surface area contributed by atoms with E-state index in [0.29, 0.717) is 5.56 Å². The van der Waals surface area contributed by atoms with Gasteiger partial charge in [-0.2, -0.15) is 0 Å². The largest absolute Gasteiger partial charge is 0.504 e. The summed E-state index contributed by atoms with van der Waals surface area (Å²) in [6.07, 6.45) is 0. The molecule has 1 unspecified atom stereocenters. The van der Waals surface area contributed by atoms with E-state index in [2.05, 4.69) is 4.74 Å². The number of hydrogen-bond acceptors (Lipinski definition) is 5. The Kier molecular flexibility index (Phi) is 3.63. The SMILES string of the molecule is COC(=O)C(N)C(C)(C)c1cccc(O)c1O. The molecule has 4 N–H and O–H groups in total. The average Bonchev–Trinajstić information content (AvgIpc) is 2.30. The summed E-state index contributed by atoms with van der Waals surface area (Å²) in [5, 5.41) is 19.2. The van der Waals surface area contributed by atoms with Crippen molar-refractivity contribution >= 4 is 5.97 Å². The quantitative estimate of drug-likeness (QED) is 0.537. The summed E-state index contributed by atoms with van der Waals surface area (Å²) in [7, 11) is 1.25. The van der Waals surface area contributed by atoms with Gasteiger partial charge in [0.1, 0.15) is 6.04 Å². The summed E-state index contributed by atoms with van der Waals surface area (Å²) in [6, 6.07) is 3.62. The molecule has 0 aliphatic carbocycles. The standard InChI is InChI=1S/C12H17NO4/c1-12(2,10(13)11(16)17-3)7-5-4-6-8(14)9(7)15/h4-6,10,14-15H,13H2,1-3H3. The zero-order valence-corrected chi connectivity index (χ0v) is 10.1. The van der Waals surface area contributed by atoms with E-state index in [-0.39, 0.29) is 11.5 Å². The molecular formula is C12H17NO4. The van der Waals surface area contributed by atoms with Crippen LogP contribution in [0.2, 0.25) is 0 Å². The molecular weight excluding hydrogens is 222 g/mol. The summed E-state index contributed by atoms with van der Waals surface area (Å²) in [5.74, 6) is -1.08. The molecule has 0 saturated carbocycles. The van der Waals surface area contributed by atoms with E-state index in [0.717, 1.165) is 0 Å². The highest BCUT2D eigenvalue weighted by Gasteiger charge is 2.36. The first-order chi connectivity index (χ1) is 7.82. The minimum atomic E-state index is -0.930. The van der Waals surface area contributed by atoms with Crippen LogP contribution in [-0.2, 0) is 14.9 Å². The van der Waals surface area contributed by atoms with Crippen molar-refractivity contribution < 1.29 is 19.7 Å². The summed E-state index contributed by atoms with van der Waals surface area (Å²) >= 11 is 0. The lowest BCUT2D eigenvalue weighted by molar-refractivity contribution is -0.143. The average molecular weight is 239 g/mol. The number of carbonyl (C=O) groups is 1. The number of para-hydroxylation sites is 1. The number of carbonyl (C=O) groups excluding carboxylic acids is 1. The number of benzene rings is 1. The van der Waals surface area contributed by atoms with Gasteiger partial charge in [-0.1, -0.05) is 26.0 Å².